The summed E-state index contributed by atoms with van der Waals surface area (Å²) in [5, 5.41) is 0. The summed E-state index contributed by atoms with van der Waals surface area (Å²) in [5.41, 5.74) is 4.10. The minimum atomic E-state index is 1.06. The summed E-state index contributed by atoms with van der Waals surface area (Å²) in [7, 11) is 2.13. The van der Waals surface area contributed by atoms with Crippen molar-refractivity contribution in [3.8, 4) is 0 Å². The second kappa shape index (κ2) is 6.47. The van der Waals surface area contributed by atoms with Crippen LogP contribution in [0, 0.1) is 13.8 Å². The molecule has 1 heteroatoms. The van der Waals surface area contributed by atoms with Crippen molar-refractivity contribution in [1.82, 2.24) is 0 Å². The summed E-state index contributed by atoms with van der Waals surface area (Å²) in [6, 6.07) is 6.44. The van der Waals surface area contributed by atoms with Gasteiger partial charge in [-0.3, -0.25) is 0 Å². The average molecular weight is 193 g/mol. The molecule has 0 aromatic heterocycles. The van der Waals surface area contributed by atoms with Gasteiger partial charge in [0.2, 0.25) is 0 Å². The molecule has 0 aliphatic heterocycles. The van der Waals surface area contributed by atoms with Crippen LogP contribution in [0.1, 0.15) is 31.9 Å². The van der Waals surface area contributed by atoms with E-state index in [0.29, 0.717) is 0 Å². The number of aryl methyl sites for hydroxylation is 1. The highest BCUT2D eigenvalue weighted by Crippen LogP contribution is 2.20. The van der Waals surface area contributed by atoms with Crippen molar-refractivity contribution in [3.05, 3.63) is 29.3 Å². The smallest absolute Gasteiger partial charge is 0.0395 e. The van der Waals surface area contributed by atoms with E-state index in [2.05, 4.69) is 50.9 Å². The SMILES string of the molecule is CC.CCN(C)c1cccc(C)c1C. The number of rotatable bonds is 2. The van der Waals surface area contributed by atoms with E-state index >= 15 is 0 Å². The van der Waals surface area contributed by atoms with E-state index in [0.717, 1.165) is 6.54 Å². The lowest BCUT2D eigenvalue weighted by molar-refractivity contribution is 0.959. The molecule has 80 valence electrons. The second-order valence-electron chi connectivity index (χ2n) is 3.23. The lowest BCUT2D eigenvalue weighted by Crippen LogP contribution is -2.17. The Morgan fingerprint density at radius 2 is 1.71 bits per heavy atom. The van der Waals surface area contributed by atoms with Gasteiger partial charge in [-0.15, -0.1) is 0 Å². The second-order valence-corrected chi connectivity index (χ2v) is 3.23. The van der Waals surface area contributed by atoms with Gasteiger partial charge in [0.25, 0.3) is 0 Å². The third-order valence-corrected chi connectivity index (χ3v) is 2.46. The maximum Gasteiger partial charge on any atom is 0.0395 e. The van der Waals surface area contributed by atoms with Crippen molar-refractivity contribution in [2.45, 2.75) is 34.6 Å². The molecule has 0 aliphatic rings. The summed E-state index contributed by atoms with van der Waals surface area (Å²) in [6.45, 7) is 11.6. The van der Waals surface area contributed by atoms with Crippen molar-refractivity contribution in [2.75, 3.05) is 18.5 Å². The fourth-order valence-corrected chi connectivity index (χ4v) is 1.32. The molecule has 1 aromatic carbocycles. The monoisotopic (exact) mass is 193 g/mol. The zero-order chi connectivity index (χ0) is 11.1. The number of benzene rings is 1. The highest BCUT2D eigenvalue weighted by molar-refractivity contribution is 5.55. The van der Waals surface area contributed by atoms with Crippen LogP contribution in [0.3, 0.4) is 0 Å². The van der Waals surface area contributed by atoms with E-state index in [1.807, 2.05) is 13.8 Å². The van der Waals surface area contributed by atoms with Crippen LogP contribution in [0.15, 0.2) is 18.2 Å². The van der Waals surface area contributed by atoms with E-state index < -0.39 is 0 Å². The molecule has 0 spiro atoms. The lowest BCUT2D eigenvalue weighted by atomic mass is 10.1. The van der Waals surface area contributed by atoms with Gasteiger partial charge in [0.1, 0.15) is 0 Å². The van der Waals surface area contributed by atoms with Crippen molar-refractivity contribution in [2.24, 2.45) is 0 Å². The van der Waals surface area contributed by atoms with Gasteiger partial charge in [0, 0.05) is 19.3 Å². The van der Waals surface area contributed by atoms with E-state index in [4.69, 9.17) is 0 Å². The number of hydrogen-bond donors (Lipinski definition) is 0. The zero-order valence-corrected chi connectivity index (χ0v) is 10.4. The maximum absolute atomic E-state index is 2.27. The molecule has 1 aromatic rings. The van der Waals surface area contributed by atoms with Crippen LogP contribution in [0.5, 0.6) is 0 Å². The molecule has 0 N–H and O–H groups in total. The molecule has 0 aliphatic carbocycles. The average Bonchev–Trinajstić information content (AvgIpc) is 2.24. The molecule has 0 fully saturated rings. The summed E-state index contributed by atoms with van der Waals surface area (Å²) in [6.07, 6.45) is 0. The molecule has 0 heterocycles. The molecule has 0 atom stereocenters. The van der Waals surface area contributed by atoms with Crippen LogP contribution in [0.4, 0.5) is 5.69 Å². The van der Waals surface area contributed by atoms with E-state index in [1.54, 1.807) is 0 Å². The first-order valence-corrected chi connectivity index (χ1v) is 5.44. The minimum absolute atomic E-state index is 1.06. The van der Waals surface area contributed by atoms with Crippen LogP contribution in [0.25, 0.3) is 0 Å². The van der Waals surface area contributed by atoms with Crippen LogP contribution in [0.2, 0.25) is 0 Å². The Morgan fingerprint density at radius 3 is 2.21 bits per heavy atom. The first-order chi connectivity index (χ1) is 6.66. The van der Waals surface area contributed by atoms with E-state index in [-0.39, 0.29) is 0 Å². The Morgan fingerprint density at radius 1 is 1.14 bits per heavy atom. The van der Waals surface area contributed by atoms with Crippen molar-refractivity contribution in [1.29, 1.82) is 0 Å². The number of hydrogen-bond acceptors (Lipinski definition) is 1. The summed E-state index contributed by atoms with van der Waals surface area (Å²) in [5.74, 6) is 0. The molecule has 0 unspecified atom stereocenters. The van der Waals surface area contributed by atoms with Gasteiger partial charge in [-0.05, 0) is 38.0 Å². The quantitative estimate of drug-likeness (QED) is 0.691. The van der Waals surface area contributed by atoms with Gasteiger partial charge in [0.05, 0.1) is 0 Å². The van der Waals surface area contributed by atoms with Crippen LogP contribution in [-0.2, 0) is 0 Å². The Balaban J connectivity index is 0.000000791. The van der Waals surface area contributed by atoms with Gasteiger partial charge in [-0.1, -0.05) is 26.0 Å². The molecule has 0 saturated carbocycles. The third-order valence-electron chi connectivity index (χ3n) is 2.46. The van der Waals surface area contributed by atoms with Crippen molar-refractivity contribution >= 4 is 5.69 Å². The summed E-state index contributed by atoms with van der Waals surface area (Å²) < 4.78 is 0. The van der Waals surface area contributed by atoms with E-state index in [9.17, 15) is 0 Å². The standard InChI is InChI=1S/C11H17N.C2H6/c1-5-12(4)11-8-6-7-9(2)10(11)3;1-2/h6-8H,5H2,1-4H3;1-2H3. The Hall–Kier alpha value is -0.980. The van der Waals surface area contributed by atoms with Crippen LogP contribution >= 0.6 is 0 Å². The third kappa shape index (κ3) is 3.06. The van der Waals surface area contributed by atoms with Gasteiger partial charge in [0.15, 0.2) is 0 Å². The lowest BCUT2D eigenvalue weighted by Gasteiger charge is -2.20. The molecular weight excluding hydrogens is 170 g/mol. The fourth-order valence-electron chi connectivity index (χ4n) is 1.32. The van der Waals surface area contributed by atoms with Crippen molar-refractivity contribution < 1.29 is 0 Å². The maximum atomic E-state index is 2.27. The molecule has 0 saturated heterocycles. The summed E-state index contributed by atoms with van der Waals surface area (Å²) in [4.78, 5) is 2.27. The topological polar surface area (TPSA) is 3.24 Å². The number of anilines is 1. The fraction of sp³-hybridized carbons (Fsp3) is 0.538. The number of nitrogens with zero attached hydrogens (tertiary/aromatic N) is 1. The van der Waals surface area contributed by atoms with Crippen molar-refractivity contribution in [3.63, 3.8) is 0 Å². The van der Waals surface area contributed by atoms with Gasteiger partial charge < -0.3 is 4.90 Å². The first kappa shape index (κ1) is 13.0. The highest BCUT2D eigenvalue weighted by Gasteiger charge is 2.02. The first-order valence-electron chi connectivity index (χ1n) is 5.44. The minimum Gasteiger partial charge on any atom is -0.375 e. The Labute approximate surface area is 88.8 Å². The largest absolute Gasteiger partial charge is 0.375 e. The van der Waals surface area contributed by atoms with E-state index in [1.165, 1.54) is 16.8 Å². The molecule has 0 bridgehead atoms. The zero-order valence-electron chi connectivity index (χ0n) is 10.4. The highest BCUT2D eigenvalue weighted by atomic mass is 15.1. The Kier molecular flexibility index (Phi) is 6.02. The Bertz CT molecular complexity index is 266. The molecule has 0 radical (unpaired) electrons. The predicted molar refractivity (Wildman–Crippen MR) is 66.2 cm³/mol. The molecular formula is C13H23N. The van der Waals surface area contributed by atoms with Gasteiger partial charge in [-0.2, -0.15) is 0 Å². The van der Waals surface area contributed by atoms with Crippen LogP contribution in [-0.4, -0.2) is 13.6 Å². The molecule has 1 nitrogen and oxygen atoms in total. The summed E-state index contributed by atoms with van der Waals surface area (Å²) >= 11 is 0. The molecule has 14 heavy (non-hydrogen) atoms. The normalized spacial score (nSPS) is 9.00. The van der Waals surface area contributed by atoms with Gasteiger partial charge in [-0.25, -0.2) is 0 Å². The van der Waals surface area contributed by atoms with Gasteiger partial charge >= 0.3 is 0 Å². The predicted octanol–water partition coefficient (Wildman–Crippen LogP) is 3.79. The van der Waals surface area contributed by atoms with Crippen LogP contribution < -0.4 is 4.90 Å². The molecule has 0 amide bonds. The molecule has 1 rings (SSSR count).